The summed E-state index contributed by atoms with van der Waals surface area (Å²) >= 11 is 0. The highest BCUT2D eigenvalue weighted by Gasteiger charge is 2.26. The minimum absolute atomic E-state index is 0.176. The Balaban J connectivity index is 2.35. The summed E-state index contributed by atoms with van der Waals surface area (Å²) < 4.78 is 26.3. The largest absolute Gasteiger partial charge is 0.346 e. The smallest absolute Gasteiger partial charge is 0.279 e. The van der Waals surface area contributed by atoms with E-state index in [-0.39, 0.29) is 16.7 Å². The fourth-order valence-corrected chi connectivity index (χ4v) is 2.34. The zero-order valence-electron chi connectivity index (χ0n) is 13.7. The van der Waals surface area contributed by atoms with Gasteiger partial charge in [-0.15, -0.1) is 0 Å². The average molecular weight is 365 g/mol. The van der Waals surface area contributed by atoms with Gasteiger partial charge in [0.05, 0.1) is 21.5 Å². The summed E-state index contributed by atoms with van der Waals surface area (Å²) in [6, 6.07) is 4.15. The lowest BCUT2D eigenvalue weighted by molar-refractivity contribution is -0.395. The third kappa shape index (κ3) is 3.79. The number of halogens is 2. The second-order valence-corrected chi connectivity index (χ2v) is 5.52. The van der Waals surface area contributed by atoms with Crippen LogP contribution in [0, 0.1) is 38.8 Å². The molecule has 0 bridgehead atoms. The Hall–Kier alpha value is -3.43. The van der Waals surface area contributed by atoms with Crippen LogP contribution in [0.1, 0.15) is 34.5 Å². The van der Waals surface area contributed by atoms with Gasteiger partial charge < -0.3 is 5.32 Å². The molecule has 1 N–H and O–H groups in total. The van der Waals surface area contributed by atoms with Crippen LogP contribution in [0.2, 0.25) is 0 Å². The molecule has 0 saturated carbocycles. The van der Waals surface area contributed by atoms with E-state index in [2.05, 4.69) is 5.32 Å². The molecule has 2 rings (SSSR count). The van der Waals surface area contributed by atoms with Crippen LogP contribution in [-0.4, -0.2) is 15.8 Å². The topological polar surface area (TPSA) is 115 Å². The summed E-state index contributed by atoms with van der Waals surface area (Å²) in [7, 11) is 0. The third-order valence-electron chi connectivity index (χ3n) is 3.80. The number of hydrogen-bond acceptors (Lipinski definition) is 5. The SMILES string of the molecule is Cc1c([N+](=O)[O-])cc(C(=O)NC(C)c2ccc(F)c(F)c2)cc1[N+](=O)[O-]. The first kappa shape index (κ1) is 18.9. The summed E-state index contributed by atoms with van der Waals surface area (Å²) in [6.07, 6.45) is 0. The first-order valence-electron chi connectivity index (χ1n) is 7.31. The fourth-order valence-electron chi connectivity index (χ4n) is 2.34. The zero-order valence-corrected chi connectivity index (χ0v) is 13.7. The molecule has 0 aromatic heterocycles. The molecule has 0 radical (unpaired) electrons. The molecule has 0 heterocycles. The van der Waals surface area contributed by atoms with Gasteiger partial charge in [0.25, 0.3) is 17.3 Å². The maximum atomic E-state index is 13.3. The fraction of sp³-hybridized carbons (Fsp3) is 0.188. The summed E-state index contributed by atoms with van der Waals surface area (Å²) in [6.45, 7) is 2.70. The van der Waals surface area contributed by atoms with Gasteiger partial charge in [-0.25, -0.2) is 8.78 Å². The van der Waals surface area contributed by atoms with Crippen molar-refractivity contribution in [1.29, 1.82) is 0 Å². The number of nitro groups is 2. The van der Waals surface area contributed by atoms with Crippen molar-refractivity contribution in [3.05, 3.63) is 78.9 Å². The van der Waals surface area contributed by atoms with Gasteiger partial charge in [-0.05, 0) is 31.5 Å². The first-order chi connectivity index (χ1) is 12.1. The zero-order chi connectivity index (χ0) is 19.6. The molecule has 1 amide bonds. The quantitative estimate of drug-likeness (QED) is 0.642. The van der Waals surface area contributed by atoms with E-state index < -0.39 is 44.8 Å². The minimum Gasteiger partial charge on any atom is -0.346 e. The molecule has 0 aliphatic carbocycles. The summed E-state index contributed by atoms with van der Waals surface area (Å²) in [5, 5.41) is 24.6. The van der Waals surface area contributed by atoms with Gasteiger partial charge in [-0.3, -0.25) is 25.0 Å². The van der Waals surface area contributed by atoms with Gasteiger partial charge in [0, 0.05) is 12.1 Å². The van der Waals surface area contributed by atoms with E-state index in [9.17, 15) is 33.8 Å². The van der Waals surface area contributed by atoms with Crippen LogP contribution in [0.5, 0.6) is 0 Å². The van der Waals surface area contributed by atoms with E-state index in [1.54, 1.807) is 0 Å². The number of hydrogen-bond donors (Lipinski definition) is 1. The Morgan fingerprint density at radius 1 is 1.04 bits per heavy atom. The van der Waals surface area contributed by atoms with Gasteiger partial charge in [0.1, 0.15) is 5.56 Å². The first-order valence-corrected chi connectivity index (χ1v) is 7.31. The molecule has 0 aliphatic heterocycles. The number of amides is 1. The molecule has 10 heteroatoms. The molecule has 0 spiro atoms. The van der Waals surface area contributed by atoms with Crippen LogP contribution in [-0.2, 0) is 0 Å². The number of carbonyl (C=O) groups excluding carboxylic acids is 1. The van der Waals surface area contributed by atoms with Gasteiger partial charge in [-0.2, -0.15) is 0 Å². The molecule has 2 aromatic rings. The molecule has 2 aromatic carbocycles. The number of carbonyl (C=O) groups is 1. The van der Waals surface area contributed by atoms with Gasteiger partial charge in [0.15, 0.2) is 11.6 Å². The second-order valence-electron chi connectivity index (χ2n) is 5.52. The van der Waals surface area contributed by atoms with Crippen LogP contribution >= 0.6 is 0 Å². The van der Waals surface area contributed by atoms with Crippen molar-refractivity contribution in [2.24, 2.45) is 0 Å². The Bertz CT molecular complexity index is 882. The molecule has 1 unspecified atom stereocenters. The van der Waals surface area contributed by atoms with E-state index in [1.807, 2.05) is 0 Å². The van der Waals surface area contributed by atoms with E-state index in [4.69, 9.17) is 0 Å². The second kappa shape index (κ2) is 7.21. The summed E-state index contributed by atoms with van der Waals surface area (Å²) in [4.78, 5) is 32.8. The van der Waals surface area contributed by atoms with Crippen LogP contribution in [0.4, 0.5) is 20.2 Å². The number of benzene rings is 2. The Morgan fingerprint density at radius 3 is 2.04 bits per heavy atom. The Kier molecular flexibility index (Phi) is 5.24. The van der Waals surface area contributed by atoms with Crippen molar-refractivity contribution in [3.63, 3.8) is 0 Å². The summed E-state index contributed by atoms with van der Waals surface area (Å²) in [5.41, 5.74) is -1.34. The normalized spacial score (nSPS) is 11.7. The van der Waals surface area contributed by atoms with Gasteiger partial charge in [0.2, 0.25) is 0 Å². The van der Waals surface area contributed by atoms with Crippen molar-refractivity contribution in [2.45, 2.75) is 19.9 Å². The third-order valence-corrected chi connectivity index (χ3v) is 3.80. The number of nitrogens with one attached hydrogen (secondary N) is 1. The van der Waals surface area contributed by atoms with E-state index in [0.29, 0.717) is 0 Å². The van der Waals surface area contributed by atoms with Gasteiger partial charge in [-0.1, -0.05) is 6.07 Å². The molecule has 8 nitrogen and oxygen atoms in total. The lowest BCUT2D eigenvalue weighted by Gasteiger charge is -2.15. The standard InChI is InChI=1S/C16H13F2N3O5/c1-8-14(20(23)24)6-11(7-15(8)21(25)26)16(22)19-9(2)10-3-4-12(17)13(18)5-10/h3-7,9H,1-2H3,(H,19,22). The van der Waals surface area contributed by atoms with Crippen molar-refractivity contribution < 1.29 is 23.4 Å². The van der Waals surface area contributed by atoms with E-state index >= 15 is 0 Å². The van der Waals surface area contributed by atoms with Crippen molar-refractivity contribution in [1.82, 2.24) is 5.32 Å². The van der Waals surface area contributed by atoms with Crippen molar-refractivity contribution in [2.75, 3.05) is 0 Å². The maximum absolute atomic E-state index is 13.3. The Morgan fingerprint density at radius 2 is 1.58 bits per heavy atom. The monoisotopic (exact) mass is 365 g/mol. The molecular weight excluding hydrogens is 352 g/mol. The molecule has 136 valence electrons. The molecular formula is C16H13F2N3O5. The average Bonchev–Trinajstić information content (AvgIpc) is 2.56. The molecule has 0 aliphatic rings. The van der Waals surface area contributed by atoms with Gasteiger partial charge >= 0.3 is 0 Å². The predicted molar refractivity (Wildman–Crippen MR) is 86.7 cm³/mol. The molecule has 0 fully saturated rings. The molecule has 26 heavy (non-hydrogen) atoms. The van der Waals surface area contributed by atoms with Crippen molar-refractivity contribution in [3.8, 4) is 0 Å². The van der Waals surface area contributed by atoms with E-state index in [1.165, 1.54) is 19.9 Å². The van der Waals surface area contributed by atoms with Crippen molar-refractivity contribution >= 4 is 17.3 Å². The summed E-state index contributed by atoms with van der Waals surface area (Å²) in [5.74, 6) is -2.96. The highest BCUT2D eigenvalue weighted by Crippen LogP contribution is 2.29. The molecule has 0 saturated heterocycles. The minimum atomic E-state index is -1.09. The van der Waals surface area contributed by atoms with Crippen LogP contribution in [0.3, 0.4) is 0 Å². The number of rotatable bonds is 5. The number of nitro benzene ring substituents is 2. The number of nitrogens with zero attached hydrogens (tertiary/aromatic N) is 2. The van der Waals surface area contributed by atoms with Crippen LogP contribution in [0.25, 0.3) is 0 Å². The maximum Gasteiger partial charge on any atom is 0.279 e. The highest BCUT2D eigenvalue weighted by molar-refractivity contribution is 5.96. The van der Waals surface area contributed by atoms with E-state index in [0.717, 1.165) is 24.3 Å². The predicted octanol–water partition coefficient (Wildman–Crippen LogP) is 3.58. The van der Waals surface area contributed by atoms with Crippen LogP contribution in [0.15, 0.2) is 30.3 Å². The highest BCUT2D eigenvalue weighted by atomic mass is 19.2. The lowest BCUT2D eigenvalue weighted by atomic mass is 10.0. The van der Waals surface area contributed by atoms with Crippen LogP contribution < -0.4 is 5.32 Å². The Labute approximate surface area is 145 Å². The molecule has 1 atom stereocenters. The lowest BCUT2D eigenvalue weighted by Crippen LogP contribution is -2.27.